The molecule has 3 heteroatoms. The van der Waals surface area contributed by atoms with Gasteiger partial charge in [0, 0.05) is 19.1 Å². The molecule has 1 aromatic carbocycles. The third-order valence-electron chi connectivity index (χ3n) is 3.78. The molecule has 0 heterocycles. The smallest absolute Gasteiger partial charge is 0.307 e. The molecule has 0 aliphatic heterocycles. The van der Waals surface area contributed by atoms with Gasteiger partial charge in [-0.05, 0) is 31.4 Å². The summed E-state index contributed by atoms with van der Waals surface area (Å²) in [7, 11) is 0. The molecule has 1 rings (SSSR count). The maximum Gasteiger partial charge on any atom is 0.307 e. The van der Waals surface area contributed by atoms with Gasteiger partial charge >= 0.3 is 5.97 Å². The average Bonchev–Trinajstić information content (AvgIpc) is 2.39. The minimum absolute atomic E-state index is 0.335. The molecule has 0 spiro atoms. The molecule has 0 aliphatic carbocycles. The van der Waals surface area contributed by atoms with E-state index in [1.54, 1.807) is 6.92 Å². The molecule has 0 saturated heterocycles. The first-order valence-corrected chi connectivity index (χ1v) is 6.97. The van der Waals surface area contributed by atoms with Crippen molar-refractivity contribution in [2.24, 2.45) is 5.92 Å². The van der Waals surface area contributed by atoms with E-state index in [-0.39, 0.29) is 5.92 Å². The van der Waals surface area contributed by atoms with Crippen molar-refractivity contribution in [3.63, 3.8) is 0 Å². The van der Waals surface area contributed by atoms with Crippen LogP contribution in [-0.4, -0.2) is 28.6 Å². The van der Waals surface area contributed by atoms with Gasteiger partial charge in [0.1, 0.15) is 0 Å². The molecule has 19 heavy (non-hydrogen) atoms. The Labute approximate surface area is 116 Å². The Balaban J connectivity index is 2.81. The van der Waals surface area contributed by atoms with E-state index in [0.717, 1.165) is 13.0 Å². The Hall–Kier alpha value is -1.35. The second kappa shape index (κ2) is 7.29. The number of aryl methyl sites for hydroxylation is 1. The number of carbonyl (C=O) groups is 1. The summed E-state index contributed by atoms with van der Waals surface area (Å²) in [5, 5.41) is 9.08. The average molecular weight is 263 g/mol. The molecule has 0 radical (unpaired) electrons. The van der Waals surface area contributed by atoms with Crippen LogP contribution in [0.5, 0.6) is 0 Å². The summed E-state index contributed by atoms with van der Waals surface area (Å²) in [4.78, 5) is 13.3. The van der Waals surface area contributed by atoms with Gasteiger partial charge in [0.15, 0.2) is 0 Å². The summed E-state index contributed by atoms with van der Waals surface area (Å²) in [6.07, 6.45) is 1.03. The molecule has 0 saturated carbocycles. The molecule has 106 valence electrons. The molecule has 0 bridgehead atoms. The summed E-state index contributed by atoms with van der Waals surface area (Å²) < 4.78 is 0. The zero-order chi connectivity index (χ0) is 14.4. The van der Waals surface area contributed by atoms with Crippen molar-refractivity contribution < 1.29 is 9.90 Å². The van der Waals surface area contributed by atoms with Gasteiger partial charge in [0.2, 0.25) is 0 Å². The Bertz CT molecular complexity index is 417. The van der Waals surface area contributed by atoms with Crippen LogP contribution in [0, 0.1) is 12.8 Å². The van der Waals surface area contributed by atoms with Crippen molar-refractivity contribution in [2.75, 3.05) is 6.54 Å². The van der Waals surface area contributed by atoms with Crippen molar-refractivity contribution in [1.29, 1.82) is 0 Å². The quantitative estimate of drug-likeness (QED) is 0.820. The Morgan fingerprint density at radius 1 is 1.32 bits per heavy atom. The van der Waals surface area contributed by atoms with Gasteiger partial charge in [-0.25, -0.2) is 0 Å². The molecule has 1 N–H and O–H groups in total. The van der Waals surface area contributed by atoms with Gasteiger partial charge in [-0.15, -0.1) is 0 Å². The molecular weight excluding hydrogens is 238 g/mol. The molecule has 0 amide bonds. The fraction of sp³-hybridized carbons (Fsp3) is 0.562. The highest BCUT2D eigenvalue weighted by Gasteiger charge is 2.20. The fourth-order valence-electron chi connectivity index (χ4n) is 2.09. The lowest BCUT2D eigenvalue weighted by Gasteiger charge is -2.30. The van der Waals surface area contributed by atoms with E-state index in [9.17, 15) is 4.79 Å². The molecule has 3 nitrogen and oxygen atoms in total. The largest absolute Gasteiger partial charge is 0.481 e. The second-order valence-electron chi connectivity index (χ2n) is 5.35. The zero-order valence-corrected chi connectivity index (χ0v) is 12.4. The van der Waals surface area contributed by atoms with Crippen LogP contribution in [0.4, 0.5) is 0 Å². The van der Waals surface area contributed by atoms with Crippen molar-refractivity contribution in [2.45, 2.75) is 46.7 Å². The van der Waals surface area contributed by atoms with E-state index in [2.05, 4.69) is 37.8 Å². The number of benzene rings is 1. The van der Waals surface area contributed by atoms with Crippen LogP contribution in [0.15, 0.2) is 24.3 Å². The first-order valence-electron chi connectivity index (χ1n) is 6.97. The van der Waals surface area contributed by atoms with Gasteiger partial charge in [-0.2, -0.15) is 0 Å². The maximum absolute atomic E-state index is 11.0. The predicted molar refractivity (Wildman–Crippen MR) is 78.1 cm³/mol. The first kappa shape index (κ1) is 15.7. The lowest BCUT2D eigenvalue weighted by atomic mass is 10.0. The third kappa shape index (κ3) is 4.67. The van der Waals surface area contributed by atoms with Crippen LogP contribution < -0.4 is 0 Å². The van der Waals surface area contributed by atoms with E-state index in [0.29, 0.717) is 12.6 Å². The van der Waals surface area contributed by atoms with E-state index >= 15 is 0 Å². The molecule has 0 fully saturated rings. The highest BCUT2D eigenvalue weighted by Crippen LogP contribution is 2.16. The highest BCUT2D eigenvalue weighted by molar-refractivity contribution is 5.69. The summed E-state index contributed by atoms with van der Waals surface area (Å²) in [5.41, 5.74) is 2.54. The Morgan fingerprint density at radius 2 is 1.95 bits per heavy atom. The lowest BCUT2D eigenvalue weighted by molar-refractivity contribution is -0.142. The topological polar surface area (TPSA) is 40.5 Å². The first-order chi connectivity index (χ1) is 8.95. The number of hydrogen-bond acceptors (Lipinski definition) is 2. The van der Waals surface area contributed by atoms with Crippen LogP contribution in [0.3, 0.4) is 0 Å². The van der Waals surface area contributed by atoms with E-state index in [4.69, 9.17) is 5.11 Å². The summed E-state index contributed by atoms with van der Waals surface area (Å²) >= 11 is 0. The van der Waals surface area contributed by atoms with Crippen molar-refractivity contribution in [3.05, 3.63) is 35.4 Å². The number of aliphatic carboxylic acids is 1. The van der Waals surface area contributed by atoms with Crippen molar-refractivity contribution in [3.8, 4) is 0 Å². The number of nitrogens with zero attached hydrogens (tertiary/aromatic N) is 1. The van der Waals surface area contributed by atoms with Crippen LogP contribution in [-0.2, 0) is 11.3 Å². The highest BCUT2D eigenvalue weighted by atomic mass is 16.4. The minimum Gasteiger partial charge on any atom is -0.481 e. The van der Waals surface area contributed by atoms with E-state index in [1.807, 2.05) is 12.1 Å². The molecular formula is C16H25NO2. The van der Waals surface area contributed by atoms with E-state index in [1.165, 1.54) is 11.1 Å². The number of carboxylic acid groups (broad SMARTS) is 1. The van der Waals surface area contributed by atoms with Crippen LogP contribution in [0.25, 0.3) is 0 Å². The van der Waals surface area contributed by atoms with Crippen LogP contribution in [0.2, 0.25) is 0 Å². The molecule has 1 aromatic rings. The maximum atomic E-state index is 11.0. The SMILES string of the molecule is CCC(C)N(Cc1ccccc1C)CC(C)C(=O)O. The molecule has 2 atom stereocenters. The molecule has 0 aromatic heterocycles. The number of hydrogen-bond donors (Lipinski definition) is 1. The van der Waals surface area contributed by atoms with Crippen LogP contribution >= 0.6 is 0 Å². The lowest BCUT2D eigenvalue weighted by Crippen LogP contribution is -2.37. The summed E-state index contributed by atoms with van der Waals surface area (Å²) in [6, 6.07) is 8.69. The van der Waals surface area contributed by atoms with E-state index < -0.39 is 5.97 Å². The van der Waals surface area contributed by atoms with Gasteiger partial charge in [0.25, 0.3) is 0 Å². The monoisotopic (exact) mass is 263 g/mol. The van der Waals surface area contributed by atoms with Gasteiger partial charge < -0.3 is 5.11 Å². The van der Waals surface area contributed by atoms with Gasteiger partial charge in [-0.3, -0.25) is 9.69 Å². The Morgan fingerprint density at radius 3 is 2.47 bits per heavy atom. The standard InChI is InChI=1S/C16H25NO2/c1-5-14(4)17(10-13(3)16(18)19)11-15-9-7-6-8-12(15)2/h6-9,13-14H,5,10-11H2,1-4H3,(H,18,19). The molecule has 2 unspecified atom stereocenters. The normalized spacial score (nSPS) is 14.4. The van der Waals surface area contributed by atoms with Crippen molar-refractivity contribution in [1.82, 2.24) is 4.90 Å². The predicted octanol–water partition coefficient (Wildman–Crippen LogP) is 3.32. The summed E-state index contributed by atoms with van der Waals surface area (Å²) in [6.45, 7) is 9.59. The fourth-order valence-corrected chi connectivity index (χ4v) is 2.09. The third-order valence-corrected chi connectivity index (χ3v) is 3.78. The van der Waals surface area contributed by atoms with Gasteiger partial charge in [0.05, 0.1) is 5.92 Å². The second-order valence-corrected chi connectivity index (χ2v) is 5.35. The summed E-state index contributed by atoms with van der Waals surface area (Å²) in [5.74, 6) is -1.06. The van der Waals surface area contributed by atoms with Crippen LogP contribution in [0.1, 0.15) is 38.3 Å². The minimum atomic E-state index is -0.724. The number of carboxylic acids is 1. The Kier molecular flexibility index (Phi) is 6.03. The zero-order valence-electron chi connectivity index (χ0n) is 12.4. The molecule has 0 aliphatic rings. The number of rotatable bonds is 7. The van der Waals surface area contributed by atoms with Gasteiger partial charge in [-0.1, -0.05) is 38.1 Å². The van der Waals surface area contributed by atoms with Crippen molar-refractivity contribution >= 4 is 5.97 Å².